The standard InChI is InChI=1S/C57H36N4O/c1-4-15-37(16-5-1)38-27-29-39(30-28-38)42-21-14-22-43(33-42)45-34-49-48-32-31-44(57-59-55(40-17-6-2-7-18-40)58-56(60-57)41-19-8-3-9-20-41)36-53(48)62-54(49)52(35-45)61-50-25-12-10-23-46(50)47-24-11-13-26-51(47)61/h1-36H. The van der Waals surface area contributed by atoms with Gasteiger partial charge in [-0.2, -0.15) is 0 Å². The van der Waals surface area contributed by atoms with Crippen molar-refractivity contribution in [3.05, 3.63) is 218 Å². The van der Waals surface area contributed by atoms with Crippen LogP contribution >= 0.6 is 0 Å². The van der Waals surface area contributed by atoms with Gasteiger partial charge in [-0.3, -0.25) is 0 Å². The molecule has 0 aliphatic heterocycles. The van der Waals surface area contributed by atoms with Crippen molar-refractivity contribution in [3.63, 3.8) is 0 Å². The molecule has 12 aromatic rings. The molecule has 0 spiro atoms. The Morgan fingerprint density at radius 3 is 1.34 bits per heavy atom. The Labute approximate surface area is 357 Å². The normalized spacial score (nSPS) is 11.5. The molecule has 0 fully saturated rings. The molecule has 0 N–H and O–H groups in total. The zero-order valence-electron chi connectivity index (χ0n) is 33.5. The van der Waals surface area contributed by atoms with E-state index in [9.17, 15) is 0 Å². The van der Waals surface area contributed by atoms with Crippen LogP contribution in [0.3, 0.4) is 0 Å². The summed E-state index contributed by atoms with van der Waals surface area (Å²) in [5, 5.41) is 4.43. The Morgan fingerprint density at radius 1 is 0.290 bits per heavy atom. The van der Waals surface area contributed by atoms with Crippen molar-refractivity contribution >= 4 is 43.7 Å². The summed E-state index contributed by atoms with van der Waals surface area (Å²) in [6.45, 7) is 0. The molecule has 290 valence electrons. The van der Waals surface area contributed by atoms with E-state index >= 15 is 0 Å². The van der Waals surface area contributed by atoms with Crippen LogP contribution in [-0.2, 0) is 0 Å². The lowest BCUT2D eigenvalue weighted by molar-refractivity contribution is 0.666. The quantitative estimate of drug-likeness (QED) is 0.161. The molecule has 0 amide bonds. The van der Waals surface area contributed by atoms with Gasteiger partial charge in [0.05, 0.1) is 16.7 Å². The first-order valence-electron chi connectivity index (χ1n) is 20.8. The lowest BCUT2D eigenvalue weighted by Crippen LogP contribution is -2.00. The molecule has 0 aliphatic rings. The number of hydrogen-bond acceptors (Lipinski definition) is 4. The van der Waals surface area contributed by atoms with Gasteiger partial charge in [0.25, 0.3) is 0 Å². The molecule has 0 aliphatic carbocycles. The molecule has 0 saturated carbocycles. The average molecular weight is 793 g/mol. The molecule has 0 atom stereocenters. The Balaban J connectivity index is 1.05. The van der Waals surface area contributed by atoms with Crippen LogP contribution in [0.5, 0.6) is 0 Å². The van der Waals surface area contributed by atoms with Crippen LogP contribution in [0.15, 0.2) is 223 Å². The number of para-hydroxylation sites is 2. The van der Waals surface area contributed by atoms with Gasteiger partial charge in [-0.05, 0) is 75.8 Å². The molecule has 0 radical (unpaired) electrons. The molecule has 0 saturated heterocycles. The third kappa shape index (κ3) is 6.14. The van der Waals surface area contributed by atoms with Gasteiger partial charge < -0.3 is 8.98 Å². The second-order valence-electron chi connectivity index (χ2n) is 15.6. The number of hydrogen-bond donors (Lipinski definition) is 0. The Morgan fingerprint density at radius 2 is 0.742 bits per heavy atom. The van der Waals surface area contributed by atoms with E-state index in [1.165, 1.54) is 27.5 Å². The number of benzene rings is 9. The van der Waals surface area contributed by atoms with E-state index in [1.807, 2.05) is 60.7 Å². The van der Waals surface area contributed by atoms with Gasteiger partial charge in [-0.1, -0.05) is 176 Å². The zero-order valence-corrected chi connectivity index (χ0v) is 33.5. The summed E-state index contributed by atoms with van der Waals surface area (Å²) in [6, 6.07) is 76.5. The topological polar surface area (TPSA) is 56.7 Å². The molecular formula is C57H36N4O. The highest BCUT2D eigenvalue weighted by Gasteiger charge is 2.21. The molecular weight excluding hydrogens is 757 g/mol. The lowest BCUT2D eigenvalue weighted by atomic mass is 9.96. The summed E-state index contributed by atoms with van der Waals surface area (Å²) in [7, 11) is 0. The summed E-state index contributed by atoms with van der Waals surface area (Å²) < 4.78 is 9.39. The van der Waals surface area contributed by atoms with Crippen LogP contribution in [-0.4, -0.2) is 19.5 Å². The Kier molecular flexibility index (Phi) is 8.42. The van der Waals surface area contributed by atoms with Crippen molar-refractivity contribution < 1.29 is 4.42 Å². The van der Waals surface area contributed by atoms with Gasteiger partial charge in [0.15, 0.2) is 23.1 Å². The monoisotopic (exact) mass is 792 g/mol. The van der Waals surface area contributed by atoms with Gasteiger partial charge >= 0.3 is 0 Å². The molecule has 0 bridgehead atoms. The predicted octanol–water partition coefficient (Wildman–Crippen LogP) is 14.9. The van der Waals surface area contributed by atoms with Crippen LogP contribution in [0.2, 0.25) is 0 Å². The maximum Gasteiger partial charge on any atom is 0.164 e. The largest absolute Gasteiger partial charge is 0.454 e. The van der Waals surface area contributed by atoms with Crippen molar-refractivity contribution in [3.8, 4) is 73.2 Å². The van der Waals surface area contributed by atoms with E-state index in [0.29, 0.717) is 17.5 Å². The first-order valence-corrected chi connectivity index (χ1v) is 20.8. The number of rotatable bonds is 7. The zero-order chi connectivity index (χ0) is 41.0. The summed E-state index contributed by atoms with van der Waals surface area (Å²) in [6.07, 6.45) is 0. The van der Waals surface area contributed by atoms with Crippen LogP contribution in [0.25, 0.3) is 117 Å². The molecule has 5 nitrogen and oxygen atoms in total. The number of furan rings is 1. The molecule has 3 heterocycles. The van der Waals surface area contributed by atoms with E-state index in [0.717, 1.165) is 72.0 Å². The highest BCUT2D eigenvalue weighted by molar-refractivity contribution is 6.14. The van der Waals surface area contributed by atoms with Gasteiger partial charge in [0.2, 0.25) is 0 Å². The molecule has 0 unspecified atom stereocenters. The van der Waals surface area contributed by atoms with Crippen molar-refractivity contribution in [2.75, 3.05) is 0 Å². The van der Waals surface area contributed by atoms with E-state index < -0.39 is 0 Å². The fourth-order valence-corrected chi connectivity index (χ4v) is 8.82. The smallest absolute Gasteiger partial charge is 0.164 e. The molecule has 12 rings (SSSR count). The van der Waals surface area contributed by atoms with Gasteiger partial charge in [0, 0.05) is 38.2 Å². The van der Waals surface area contributed by atoms with Crippen molar-refractivity contribution in [2.24, 2.45) is 0 Å². The molecule has 3 aromatic heterocycles. The predicted molar refractivity (Wildman–Crippen MR) is 254 cm³/mol. The van der Waals surface area contributed by atoms with Crippen molar-refractivity contribution in [1.29, 1.82) is 0 Å². The number of fused-ring (bicyclic) bond motifs is 6. The third-order valence-corrected chi connectivity index (χ3v) is 11.9. The van der Waals surface area contributed by atoms with E-state index in [-0.39, 0.29) is 0 Å². The number of aromatic nitrogens is 4. The highest BCUT2D eigenvalue weighted by atomic mass is 16.3. The van der Waals surface area contributed by atoms with Gasteiger partial charge in [-0.25, -0.2) is 15.0 Å². The van der Waals surface area contributed by atoms with E-state index in [2.05, 4.69) is 162 Å². The Bertz CT molecular complexity index is 3500. The molecule has 5 heteroatoms. The second kappa shape index (κ2) is 14.7. The molecule has 62 heavy (non-hydrogen) atoms. The van der Waals surface area contributed by atoms with Gasteiger partial charge in [-0.15, -0.1) is 0 Å². The first-order chi connectivity index (χ1) is 30.7. The third-order valence-electron chi connectivity index (χ3n) is 11.9. The van der Waals surface area contributed by atoms with Crippen molar-refractivity contribution in [1.82, 2.24) is 19.5 Å². The first kappa shape index (κ1) is 35.5. The second-order valence-corrected chi connectivity index (χ2v) is 15.6. The van der Waals surface area contributed by atoms with Gasteiger partial charge in [0.1, 0.15) is 5.58 Å². The van der Waals surface area contributed by atoms with Crippen LogP contribution < -0.4 is 0 Å². The fraction of sp³-hybridized carbons (Fsp3) is 0. The van der Waals surface area contributed by atoms with Crippen molar-refractivity contribution in [2.45, 2.75) is 0 Å². The fourth-order valence-electron chi connectivity index (χ4n) is 8.82. The average Bonchev–Trinajstić information content (AvgIpc) is 3.90. The maximum absolute atomic E-state index is 7.04. The summed E-state index contributed by atoms with van der Waals surface area (Å²) in [5.41, 5.74) is 14.4. The summed E-state index contributed by atoms with van der Waals surface area (Å²) >= 11 is 0. The summed E-state index contributed by atoms with van der Waals surface area (Å²) in [4.78, 5) is 15.0. The maximum atomic E-state index is 7.04. The Hall–Kier alpha value is -8.41. The number of nitrogens with zero attached hydrogens (tertiary/aromatic N) is 4. The van der Waals surface area contributed by atoms with E-state index in [4.69, 9.17) is 19.4 Å². The highest BCUT2D eigenvalue weighted by Crippen LogP contribution is 2.42. The summed E-state index contributed by atoms with van der Waals surface area (Å²) in [5.74, 6) is 1.82. The lowest BCUT2D eigenvalue weighted by Gasteiger charge is -2.13. The SMILES string of the molecule is c1ccc(-c2ccc(-c3cccc(-c4cc(-n5c6ccccc6c6ccccc65)c5oc6cc(-c7nc(-c8ccccc8)nc(-c8ccccc8)n7)ccc6c5c4)c3)cc2)cc1. The molecule has 9 aromatic carbocycles. The van der Waals surface area contributed by atoms with Crippen LogP contribution in [0.1, 0.15) is 0 Å². The minimum atomic E-state index is 0.581. The van der Waals surface area contributed by atoms with Crippen LogP contribution in [0.4, 0.5) is 0 Å². The minimum absolute atomic E-state index is 0.581. The van der Waals surface area contributed by atoms with E-state index in [1.54, 1.807) is 0 Å². The minimum Gasteiger partial charge on any atom is -0.454 e. The van der Waals surface area contributed by atoms with Crippen LogP contribution in [0, 0.1) is 0 Å².